The fraction of sp³-hybridized carbons (Fsp3) is 0.500. The van der Waals surface area contributed by atoms with Crippen molar-refractivity contribution in [2.45, 2.75) is 49.7 Å². The molecule has 1 fully saturated rings. The van der Waals surface area contributed by atoms with Crippen molar-refractivity contribution in [3.8, 4) is 5.75 Å². The second-order valence-electron chi connectivity index (χ2n) is 7.87. The number of benzene rings is 2. The molecule has 176 valence electrons. The summed E-state index contributed by atoms with van der Waals surface area (Å²) in [6.45, 7) is 0.592. The Balaban J connectivity index is 1.52. The maximum absolute atomic E-state index is 10.0. The topological polar surface area (TPSA) is 121 Å². The summed E-state index contributed by atoms with van der Waals surface area (Å²) in [6.07, 6.45) is -4.98. The minimum absolute atomic E-state index is 0.0518. The molecule has 0 amide bonds. The highest BCUT2D eigenvalue weighted by molar-refractivity contribution is 5.29. The second kappa shape index (κ2) is 12.3. The van der Waals surface area contributed by atoms with E-state index in [0.717, 1.165) is 29.8 Å². The lowest BCUT2D eigenvalue weighted by molar-refractivity contribution is -0.300. The van der Waals surface area contributed by atoms with Crippen molar-refractivity contribution in [3.63, 3.8) is 0 Å². The van der Waals surface area contributed by atoms with E-state index in [4.69, 9.17) is 14.2 Å². The van der Waals surface area contributed by atoms with Gasteiger partial charge in [-0.1, -0.05) is 42.5 Å². The first-order chi connectivity index (χ1) is 15.5. The highest BCUT2D eigenvalue weighted by Gasteiger charge is 2.43. The van der Waals surface area contributed by atoms with Gasteiger partial charge in [-0.3, -0.25) is 0 Å². The van der Waals surface area contributed by atoms with Crippen LogP contribution in [0, 0.1) is 0 Å². The summed E-state index contributed by atoms with van der Waals surface area (Å²) < 4.78 is 17.1. The zero-order chi connectivity index (χ0) is 22.9. The molecule has 6 unspecified atom stereocenters. The fourth-order valence-electron chi connectivity index (χ4n) is 3.63. The molecular weight excluding hydrogens is 414 g/mol. The SMILES string of the molecule is CNCCC(Oc1ccc(CCOC2OC(CO)C(O)C(O)C2O)cc1)c1ccccc1. The molecule has 0 spiro atoms. The Morgan fingerprint density at radius 1 is 0.969 bits per heavy atom. The van der Waals surface area contributed by atoms with Crippen molar-refractivity contribution in [3.05, 3.63) is 65.7 Å². The number of nitrogens with one attached hydrogen (secondary N) is 1. The molecule has 0 aliphatic carbocycles. The number of hydrogen-bond donors (Lipinski definition) is 5. The number of hydrogen-bond acceptors (Lipinski definition) is 8. The van der Waals surface area contributed by atoms with Crippen molar-refractivity contribution in [1.29, 1.82) is 0 Å². The van der Waals surface area contributed by atoms with Crippen LogP contribution in [0.5, 0.6) is 5.75 Å². The summed E-state index contributed by atoms with van der Waals surface area (Å²) >= 11 is 0. The van der Waals surface area contributed by atoms with Gasteiger partial charge in [-0.15, -0.1) is 0 Å². The Labute approximate surface area is 188 Å². The molecule has 2 aromatic rings. The van der Waals surface area contributed by atoms with E-state index in [1.165, 1.54) is 0 Å². The molecule has 0 aromatic heterocycles. The molecule has 5 N–H and O–H groups in total. The van der Waals surface area contributed by atoms with Crippen molar-refractivity contribution in [1.82, 2.24) is 5.32 Å². The van der Waals surface area contributed by atoms with Gasteiger partial charge in [0.05, 0.1) is 13.2 Å². The van der Waals surface area contributed by atoms with Crippen LogP contribution in [0.3, 0.4) is 0 Å². The molecule has 1 aliphatic heterocycles. The monoisotopic (exact) mass is 447 g/mol. The van der Waals surface area contributed by atoms with Crippen molar-refractivity contribution < 1.29 is 34.6 Å². The van der Waals surface area contributed by atoms with E-state index in [-0.39, 0.29) is 12.7 Å². The third-order valence-corrected chi connectivity index (χ3v) is 5.55. The summed E-state index contributed by atoms with van der Waals surface area (Å²) in [5.74, 6) is 0.772. The highest BCUT2D eigenvalue weighted by atomic mass is 16.7. The predicted octanol–water partition coefficient (Wildman–Crippen LogP) is 0.775. The van der Waals surface area contributed by atoms with Gasteiger partial charge in [0, 0.05) is 6.42 Å². The molecule has 1 heterocycles. The first kappa shape index (κ1) is 24.6. The lowest BCUT2D eigenvalue weighted by atomic mass is 9.99. The van der Waals surface area contributed by atoms with E-state index in [0.29, 0.717) is 6.42 Å². The van der Waals surface area contributed by atoms with Crippen molar-refractivity contribution in [2.24, 2.45) is 0 Å². The first-order valence-corrected chi connectivity index (χ1v) is 10.9. The van der Waals surface area contributed by atoms with Crippen LogP contribution < -0.4 is 10.1 Å². The van der Waals surface area contributed by atoms with E-state index >= 15 is 0 Å². The lowest BCUT2D eigenvalue weighted by Crippen LogP contribution is -2.59. The zero-order valence-electron chi connectivity index (χ0n) is 18.2. The van der Waals surface area contributed by atoms with Crippen LogP contribution in [-0.4, -0.2) is 77.9 Å². The van der Waals surface area contributed by atoms with Gasteiger partial charge in [-0.25, -0.2) is 0 Å². The molecule has 6 atom stereocenters. The van der Waals surface area contributed by atoms with Crippen LogP contribution in [0.4, 0.5) is 0 Å². The van der Waals surface area contributed by atoms with E-state index in [1.54, 1.807) is 0 Å². The van der Waals surface area contributed by atoms with Gasteiger partial charge in [0.15, 0.2) is 6.29 Å². The normalized spacial score (nSPS) is 26.6. The summed E-state index contributed by atoms with van der Waals surface area (Å²) in [6, 6.07) is 17.8. The molecule has 0 saturated carbocycles. The third-order valence-electron chi connectivity index (χ3n) is 5.55. The number of ether oxygens (including phenoxy) is 3. The molecule has 32 heavy (non-hydrogen) atoms. The molecule has 2 aromatic carbocycles. The average molecular weight is 448 g/mol. The third kappa shape index (κ3) is 6.49. The number of aliphatic hydroxyl groups is 4. The minimum atomic E-state index is -1.44. The summed E-state index contributed by atoms with van der Waals surface area (Å²) in [5, 5.41) is 42.1. The zero-order valence-corrected chi connectivity index (χ0v) is 18.2. The molecular formula is C24H33NO7. The van der Waals surface area contributed by atoms with Gasteiger partial charge in [0.1, 0.15) is 36.3 Å². The highest BCUT2D eigenvalue weighted by Crippen LogP contribution is 2.25. The van der Waals surface area contributed by atoms with E-state index in [1.807, 2.05) is 49.5 Å². The number of aliphatic hydroxyl groups excluding tert-OH is 4. The van der Waals surface area contributed by atoms with Gasteiger partial charge < -0.3 is 40.0 Å². The minimum Gasteiger partial charge on any atom is -0.486 e. The summed E-state index contributed by atoms with van der Waals surface area (Å²) in [7, 11) is 1.92. The molecule has 0 bridgehead atoms. The average Bonchev–Trinajstić information content (AvgIpc) is 2.83. The Morgan fingerprint density at radius 3 is 2.34 bits per heavy atom. The fourth-order valence-corrected chi connectivity index (χ4v) is 3.63. The van der Waals surface area contributed by atoms with Crippen LogP contribution in [0.2, 0.25) is 0 Å². The van der Waals surface area contributed by atoms with Crippen LogP contribution in [0.15, 0.2) is 54.6 Å². The quantitative estimate of drug-likeness (QED) is 0.343. The first-order valence-electron chi connectivity index (χ1n) is 10.9. The van der Waals surface area contributed by atoms with Crippen molar-refractivity contribution in [2.75, 3.05) is 26.8 Å². The van der Waals surface area contributed by atoms with E-state index in [9.17, 15) is 20.4 Å². The predicted molar refractivity (Wildman–Crippen MR) is 118 cm³/mol. The van der Waals surface area contributed by atoms with Crippen LogP contribution in [0.25, 0.3) is 0 Å². The Morgan fingerprint density at radius 2 is 1.69 bits per heavy atom. The molecule has 0 radical (unpaired) electrons. The van der Waals surface area contributed by atoms with E-state index in [2.05, 4.69) is 17.4 Å². The van der Waals surface area contributed by atoms with Crippen molar-refractivity contribution >= 4 is 0 Å². The van der Waals surface area contributed by atoms with Crippen LogP contribution >= 0.6 is 0 Å². The van der Waals surface area contributed by atoms with Gasteiger partial charge >= 0.3 is 0 Å². The Bertz CT molecular complexity index is 787. The Hall–Kier alpha value is -2.04. The van der Waals surface area contributed by atoms with E-state index < -0.39 is 37.3 Å². The second-order valence-corrected chi connectivity index (χ2v) is 7.87. The molecule has 8 heteroatoms. The largest absolute Gasteiger partial charge is 0.486 e. The van der Waals surface area contributed by atoms with Gasteiger partial charge in [-0.2, -0.15) is 0 Å². The summed E-state index contributed by atoms with van der Waals surface area (Å²) in [4.78, 5) is 0. The maximum Gasteiger partial charge on any atom is 0.186 e. The Kier molecular flexibility index (Phi) is 9.43. The summed E-state index contributed by atoms with van der Waals surface area (Å²) in [5.41, 5.74) is 2.13. The smallest absolute Gasteiger partial charge is 0.186 e. The molecule has 1 saturated heterocycles. The van der Waals surface area contributed by atoms with Gasteiger partial charge in [-0.05, 0) is 43.3 Å². The van der Waals surface area contributed by atoms with Crippen LogP contribution in [0.1, 0.15) is 23.7 Å². The van der Waals surface area contributed by atoms with Crippen LogP contribution in [-0.2, 0) is 15.9 Å². The van der Waals surface area contributed by atoms with Gasteiger partial charge in [0.25, 0.3) is 0 Å². The molecule has 1 aliphatic rings. The molecule has 3 rings (SSSR count). The maximum atomic E-state index is 10.0. The molecule has 8 nitrogen and oxygen atoms in total. The lowest BCUT2D eigenvalue weighted by Gasteiger charge is -2.39. The number of rotatable bonds is 11. The van der Waals surface area contributed by atoms with Gasteiger partial charge in [0.2, 0.25) is 0 Å². The standard InChI is InChI=1S/C24H33NO7/c1-25-13-11-19(17-5-3-2-4-6-17)31-18-9-7-16(8-10-18)12-14-30-24-23(29)22(28)21(27)20(15-26)32-24/h2-10,19-29H,11-15H2,1H3.